The minimum Gasteiger partial charge on any atom is -0.609 e. The molecular weight excluding hydrogens is 375 g/mol. The van der Waals surface area contributed by atoms with Crippen molar-refractivity contribution in [2.24, 2.45) is 0 Å². The van der Waals surface area contributed by atoms with Crippen molar-refractivity contribution in [1.82, 2.24) is 19.9 Å². The van der Waals surface area contributed by atoms with E-state index in [1.54, 1.807) is 19.4 Å². The van der Waals surface area contributed by atoms with Gasteiger partial charge in [-0.25, -0.2) is 0 Å². The Kier molecular flexibility index (Phi) is 7.53. The van der Waals surface area contributed by atoms with Crippen LogP contribution in [-0.4, -0.2) is 67.3 Å². The Labute approximate surface area is 183 Å². The van der Waals surface area contributed by atoms with Crippen molar-refractivity contribution in [3.63, 3.8) is 0 Å². The first kappa shape index (κ1) is 22.0. The van der Waals surface area contributed by atoms with Gasteiger partial charge in [0.2, 0.25) is 5.88 Å². The number of nitrogens with zero attached hydrogens (tertiary/aromatic N) is 3. The van der Waals surface area contributed by atoms with E-state index in [0.717, 1.165) is 22.6 Å². The Hall–Kier alpha value is -1.32. The number of aromatic nitrogens is 4. The average Bonchev–Trinajstić information content (AvgIpc) is 2.99. The summed E-state index contributed by atoms with van der Waals surface area (Å²) in [7, 11) is 1.60. The number of imidazole rings is 1. The number of ether oxygens (including phenoxy) is 2. The maximum atomic E-state index is 12.8. The van der Waals surface area contributed by atoms with Crippen molar-refractivity contribution < 1.29 is 14.0 Å². The van der Waals surface area contributed by atoms with Crippen LogP contribution in [0.25, 0.3) is 11.2 Å². The summed E-state index contributed by atoms with van der Waals surface area (Å²) >= 11 is -1.38. The van der Waals surface area contributed by atoms with Crippen molar-refractivity contribution in [1.29, 1.82) is 0 Å². The van der Waals surface area contributed by atoms with Crippen LogP contribution in [0.5, 0.6) is 11.6 Å². The van der Waals surface area contributed by atoms with Crippen LogP contribution in [-0.2, 0) is 16.9 Å². The number of nitrogens with one attached hydrogen (secondary N) is 1. The molecule has 1 unspecified atom stereocenters. The quantitative estimate of drug-likeness (QED) is 0.507. The van der Waals surface area contributed by atoms with Gasteiger partial charge in [0.25, 0.3) is 0 Å². The fourth-order valence-electron chi connectivity index (χ4n) is 2.57. The van der Waals surface area contributed by atoms with Gasteiger partial charge >= 0.3 is 5.16 Å². The van der Waals surface area contributed by atoms with E-state index >= 15 is 0 Å². The van der Waals surface area contributed by atoms with E-state index in [9.17, 15) is 4.55 Å². The van der Waals surface area contributed by atoms with Crippen molar-refractivity contribution in [2.75, 3.05) is 7.11 Å². The number of hydrogen-bond acceptors (Lipinski definition) is 6. The van der Waals surface area contributed by atoms with E-state index in [2.05, 4.69) is 19.9 Å². The van der Waals surface area contributed by atoms with Gasteiger partial charge in [0.15, 0.2) is 11.4 Å². The molecule has 0 fully saturated rings. The summed E-state index contributed by atoms with van der Waals surface area (Å²) in [4.78, 5) is 16.2. The van der Waals surface area contributed by atoms with Crippen molar-refractivity contribution in [3.05, 3.63) is 35.2 Å². The monoisotopic (exact) mass is 397 g/mol. The summed E-state index contributed by atoms with van der Waals surface area (Å²) in [5.41, 5.74) is 3.71. The van der Waals surface area contributed by atoms with Crippen LogP contribution in [0.15, 0.2) is 23.5 Å². The number of rotatable bonds is 6. The van der Waals surface area contributed by atoms with Gasteiger partial charge in [-0.2, -0.15) is 9.97 Å². The summed E-state index contributed by atoms with van der Waals surface area (Å²) < 4.78 is 23.8. The number of aryl methyl sites for hydroxylation is 1. The SMILES string of the molecule is COc1ccnc(C[S+]([O-])c2nc3cc(C)c(OC(C)C)nc3[nH]2)c1C.[Na]. The number of hydrogen-bond donors (Lipinski definition) is 1. The van der Waals surface area contributed by atoms with Gasteiger partial charge in [-0.1, -0.05) is 0 Å². The van der Waals surface area contributed by atoms with Gasteiger partial charge in [-0.3, -0.25) is 9.97 Å². The Bertz CT molecular complexity index is 932. The molecule has 7 nitrogen and oxygen atoms in total. The molecule has 3 aromatic heterocycles. The number of aromatic amines is 1. The molecule has 0 saturated heterocycles. The van der Waals surface area contributed by atoms with Crippen molar-refractivity contribution >= 4 is 51.9 Å². The Balaban J connectivity index is 0.00000261. The molecule has 1 N–H and O–H groups in total. The van der Waals surface area contributed by atoms with Crippen LogP contribution in [0, 0.1) is 13.8 Å². The number of fused-ring (bicyclic) bond motifs is 1. The number of pyridine rings is 2. The zero-order valence-corrected chi connectivity index (χ0v) is 19.3. The molecule has 0 spiro atoms. The maximum absolute atomic E-state index is 12.8. The van der Waals surface area contributed by atoms with E-state index in [1.165, 1.54) is 0 Å². The van der Waals surface area contributed by atoms with E-state index in [-0.39, 0.29) is 41.4 Å². The molecule has 0 aliphatic carbocycles. The zero-order valence-electron chi connectivity index (χ0n) is 16.5. The second-order valence-corrected chi connectivity index (χ2v) is 7.63. The molecule has 0 amide bonds. The third kappa shape index (κ3) is 4.94. The molecule has 27 heavy (non-hydrogen) atoms. The van der Waals surface area contributed by atoms with Crippen LogP contribution in [0.2, 0.25) is 0 Å². The van der Waals surface area contributed by atoms with Crippen molar-refractivity contribution in [2.45, 2.75) is 44.7 Å². The van der Waals surface area contributed by atoms with E-state index in [1.807, 2.05) is 33.8 Å². The first-order valence-corrected chi connectivity index (χ1v) is 9.61. The Morgan fingerprint density at radius 2 is 2.00 bits per heavy atom. The van der Waals surface area contributed by atoms with Gasteiger partial charge in [0, 0.05) is 58.1 Å². The number of H-pyrrole nitrogens is 1. The smallest absolute Gasteiger partial charge is 0.323 e. The van der Waals surface area contributed by atoms with Crippen LogP contribution in [0.1, 0.15) is 30.7 Å². The zero-order chi connectivity index (χ0) is 18.8. The Morgan fingerprint density at radius 1 is 1.26 bits per heavy atom. The third-order valence-corrected chi connectivity index (χ3v) is 5.06. The molecule has 0 aromatic carbocycles. The third-order valence-electron chi connectivity index (χ3n) is 3.90. The molecular formula is C18H22N4NaO3S. The fraction of sp³-hybridized carbons (Fsp3) is 0.389. The molecule has 1 radical (unpaired) electrons. The summed E-state index contributed by atoms with van der Waals surface area (Å²) in [5.74, 6) is 1.53. The molecule has 3 aromatic rings. The number of methoxy groups -OCH3 is 1. The predicted octanol–water partition coefficient (Wildman–Crippen LogP) is 2.69. The van der Waals surface area contributed by atoms with E-state index < -0.39 is 11.2 Å². The van der Waals surface area contributed by atoms with Gasteiger partial charge in [-0.05, 0) is 39.8 Å². The molecule has 0 saturated carbocycles. The van der Waals surface area contributed by atoms with E-state index in [0.29, 0.717) is 22.2 Å². The fourth-order valence-corrected chi connectivity index (χ4v) is 3.65. The second-order valence-electron chi connectivity index (χ2n) is 6.26. The molecule has 3 heterocycles. The maximum Gasteiger partial charge on any atom is 0.323 e. The summed E-state index contributed by atoms with van der Waals surface area (Å²) in [6.07, 6.45) is 1.68. The van der Waals surface area contributed by atoms with Gasteiger partial charge in [-0.15, -0.1) is 0 Å². The molecule has 9 heteroatoms. The summed E-state index contributed by atoms with van der Waals surface area (Å²) in [6, 6.07) is 3.66. The van der Waals surface area contributed by atoms with Crippen LogP contribution >= 0.6 is 0 Å². The van der Waals surface area contributed by atoms with Crippen molar-refractivity contribution in [3.8, 4) is 11.6 Å². The standard InChI is InChI=1S/C18H22N4O3S.Na/c1-10(2)25-17-11(3)8-13-16(21-17)22-18(20-13)26(23)9-14-12(4)15(24-5)6-7-19-14;/h6-8,10H,9H2,1-5H3,(H,20,21,22);. The topological polar surface area (TPSA) is 96.0 Å². The minimum atomic E-state index is -1.38. The first-order chi connectivity index (χ1) is 12.4. The predicted molar refractivity (Wildman–Crippen MR) is 106 cm³/mol. The molecule has 3 rings (SSSR count). The molecule has 139 valence electrons. The molecule has 0 bridgehead atoms. The minimum absolute atomic E-state index is 0. The average molecular weight is 397 g/mol. The van der Waals surface area contributed by atoms with Gasteiger partial charge < -0.3 is 14.0 Å². The second kappa shape index (κ2) is 9.25. The van der Waals surface area contributed by atoms with E-state index in [4.69, 9.17) is 9.47 Å². The van der Waals surface area contributed by atoms with Gasteiger partial charge in [0.1, 0.15) is 11.3 Å². The normalized spacial score (nSPS) is 12.1. The molecule has 0 aliphatic heterocycles. The summed E-state index contributed by atoms with van der Waals surface area (Å²) in [6.45, 7) is 7.71. The van der Waals surface area contributed by atoms with Crippen LogP contribution < -0.4 is 9.47 Å². The first-order valence-electron chi connectivity index (χ1n) is 8.30. The largest absolute Gasteiger partial charge is 0.609 e. The summed E-state index contributed by atoms with van der Waals surface area (Å²) in [5, 5.41) is 0.373. The Morgan fingerprint density at radius 3 is 2.67 bits per heavy atom. The van der Waals surface area contributed by atoms with Crippen LogP contribution in [0.3, 0.4) is 0 Å². The molecule has 0 aliphatic rings. The van der Waals surface area contributed by atoms with Gasteiger partial charge in [0.05, 0.1) is 18.9 Å². The van der Waals surface area contributed by atoms with Crippen LogP contribution in [0.4, 0.5) is 0 Å². The molecule has 1 atom stereocenters.